The highest BCUT2D eigenvalue weighted by Gasteiger charge is 2.43. The lowest BCUT2D eigenvalue weighted by Crippen LogP contribution is -2.57. The molecule has 0 radical (unpaired) electrons. The van der Waals surface area contributed by atoms with E-state index in [1.165, 1.54) is 46.4 Å². The first-order valence-electron chi connectivity index (χ1n) is 14.5. The molecule has 1 N–H and O–H groups in total. The van der Waals surface area contributed by atoms with Crippen LogP contribution in [0, 0.1) is 15.9 Å². The topological polar surface area (TPSA) is 138 Å². The number of rotatable bonds is 5. The van der Waals surface area contributed by atoms with E-state index in [9.17, 15) is 42.1 Å². The minimum atomic E-state index is -4.81. The molecule has 2 amide bonds. The van der Waals surface area contributed by atoms with Crippen LogP contribution in [-0.2, 0) is 15.7 Å². The van der Waals surface area contributed by atoms with Crippen LogP contribution < -0.4 is 15.4 Å². The molecule has 2 heterocycles. The van der Waals surface area contributed by atoms with Crippen LogP contribution in [0.5, 0.6) is 0 Å². The normalized spacial score (nSPS) is 18.6. The molecule has 12 nitrogen and oxygen atoms in total. The Kier molecular flexibility index (Phi) is 10.2. The fourth-order valence-electron chi connectivity index (χ4n) is 5.30. The number of ether oxygens (including phenoxy) is 2. The molecule has 1 fully saturated rings. The second kappa shape index (κ2) is 12.9. The standard InChI is InChI=1S/C30H39F4N5O7/c1-16-15-37(17(2)14-36(16)18(3)20-11-10-19(31)12-21(20)30(32,33)34)22-13-23(40)35-25(24(22)39(43)44)38(26(41)45-28(4,5)6)27(42)46-29(7,8)9/h10-13,16-18H,14-15H2,1-9H3,(H,35,40)/t16-,17+,18?/m1/s1. The van der Waals surface area contributed by atoms with Gasteiger partial charge >= 0.3 is 24.1 Å². The zero-order chi connectivity index (χ0) is 35.1. The average molecular weight is 658 g/mol. The van der Waals surface area contributed by atoms with Gasteiger partial charge in [-0.1, -0.05) is 6.07 Å². The Labute approximate surface area is 263 Å². The third kappa shape index (κ3) is 8.33. The fourth-order valence-corrected chi connectivity index (χ4v) is 5.30. The molecule has 0 aliphatic carbocycles. The lowest BCUT2D eigenvalue weighted by Gasteiger charge is -2.47. The lowest BCUT2D eigenvalue weighted by atomic mass is 9.96. The zero-order valence-corrected chi connectivity index (χ0v) is 27.1. The molecule has 254 valence electrons. The van der Waals surface area contributed by atoms with Crippen LogP contribution in [0.3, 0.4) is 0 Å². The van der Waals surface area contributed by atoms with Crippen LogP contribution in [0.25, 0.3) is 0 Å². The number of piperazine rings is 1. The van der Waals surface area contributed by atoms with Crippen LogP contribution in [-0.4, -0.2) is 63.4 Å². The molecule has 0 spiro atoms. The summed E-state index contributed by atoms with van der Waals surface area (Å²) in [5, 5.41) is 12.6. The molecule has 1 aliphatic rings. The molecule has 3 atom stereocenters. The predicted octanol–water partition coefficient (Wildman–Crippen LogP) is 6.78. The van der Waals surface area contributed by atoms with Crippen molar-refractivity contribution < 1.29 is 41.5 Å². The molecule has 1 unspecified atom stereocenters. The molecule has 3 rings (SSSR count). The Balaban J connectivity index is 2.11. The van der Waals surface area contributed by atoms with Gasteiger partial charge in [0.15, 0.2) is 0 Å². The number of hydrogen-bond donors (Lipinski definition) is 1. The number of anilines is 2. The third-order valence-electron chi connectivity index (χ3n) is 7.15. The summed E-state index contributed by atoms with van der Waals surface area (Å²) >= 11 is 0. The number of nitro groups is 1. The molecular formula is C30H39F4N5O7. The zero-order valence-electron chi connectivity index (χ0n) is 27.1. The molecule has 1 saturated heterocycles. The SMILES string of the molecule is CC(c1ccc(F)cc1C(F)(F)F)N1C[C@H](C)N(c2cc(=O)[nH]c(N(C(=O)OC(C)(C)C)C(=O)OC(C)(C)C)c2[N+](=O)[O-])C[C@H]1C. The van der Waals surface area contributed by atoms with Crippen LogP contribution in [0.15, 0.2) is 29.1 Å². The summed E-state index contributed by atoms with van der Waals surface area (Å²) in [7, 11) is 0. The van der Waals surface area contributed by atoms with Crippen LogP contribution in [0.2, 0.25) is 0 Å². The van der Waals surface area contributed by atoms with Crippen LogP contribution >= 0.6 is 0 Å². The molecule has 0 saturated carbocycles. The summed E-state index contributed by atoms with van der Waals surface area (Å²) in [5.41, 5.74) is -5.45. The summed E-state index contributed by atoms with van der Waals surface area (Å²) in [4.78, 5) is 57.0. The number of pyridine rings is 1. The quantitative estimate of drug-likeness (QED) is 0.210. The number of H-pyrrole nitrogens is 1. The van der Waals surface area contributed by atoms with E-state index in [1.807, 2.05) is 0 Å². The number of aromatic amines is 1. The van der Waals surface area contributed by atoms with E-state index in [0.29, 0.717) is 6.07 Å². The highest BCUT2D eigenvalue weighted by Crippen LogP contribution is 2.41. The van der Waals surface area contributed by atoms with Gasteiger partial charge in [0.05, 0.1) is 10.5 Å². The number of halogens is 4. The molecular weight excluding hydrogens is 618 g/mol. The van der Waals surface area contributed by atoms with Crippen molar-refractivity contribution in [1.82, 2.24) is 9.88 Å². The number of imide groups is 1. The van der Waals surface area contributed by atoms with Gasteiger partial charge in [-0.3, -0.25) is 19.8 Å². The number of aromatic nitrogens is 1. The van der Waals surface area contributed by atoms with Gasteiger partial charge in [0.25, 0.3) is 5.56 Å². The van der Waals surface area contributed by atoms with E-state index in [1.54, 1.807) is 25.7 Å². The van der Waals surface area contributed by atoms with Gasteiger partial charge in [-0.2, -0.15) is 18.1 Å². The van der Waals surface area contributed by atoms with E-state index in [4.69, 9.17) is 9.47 Å². The number of hydrogen-bond acceptors (Lipinski definition) is 9. The van der Waals surface area contributed by atoms with Crippen molar-refractivity contribution in [3.63, 3.8) is 0 Å². The minimum Gasteiger partial charge on any atom is -0.443 e. The number of benzene rings is 1. The van der Waals surface area contributed by atoms with Crippen molar-refractivity contribution in [2.24, 2.45) is 0 Å². The van der Waals surface area contributed by atoms with Crippen molar-refractivity contribution in [1.29, 1.82) is 0 Å². The van der Waals surface area contributed by atoms with Crippen molar-refractivity contribution in [2.45, 2.75) is 97.8 Å². The number of nitrogens with zero attached hydrogens (tertiary/aromatic N) is 4. The Hall–Kier alpha value is -4.21. The van der Waals surface area contributed by atoms with Crippen molar-refractivity contribution >= 4 is 29.4 Å². The highest BCUT2D eigenvalue weighted by molar-refractivity contribution is 6.11. The number of carbonyl (C=O) groups is 2. The average Bonchev–Trinajstić information content (AvgIpc) is 2.86. The second-order valence-electron chi connectivity index (χ2n) is 13.2. The number of nitrogens with one attached hydrogen (secondary N) is 1. The van der Waals surface area contributed by atoms with Crippen molar-refractivity contribution in [3.05, 3.63) is 61.7 Å². The lowest BCUT2D eigenvalue weighted by molar-refractivity contribution is -0.383. The summed E-state index contributed by atoms with van der Waals surface area (Å²) < 4.78 is 65.9. The Morgan fingerprint density at radius 1 is 1.00 bits per heavy atom. The Morgan fingerprint density at radius 2 is 1.54 bits per heavy atom. The maximum absolute atomic E-state index is 13.8. The molecule has 1 aromatic heterocycles. The van der Waals surface area contributed by atoms with E-state index < -0.39 is 81.1 Å². The first-order valence-corrected chi connectivity index (χ1v) is 14.5. The van der Waals surface area contributed by atoms with Crippen LogP contribution in [0.1, 0.15) is 79.5 Å². The maximum Gasteiger partial charge on any atom is 0.425 e. The van der Waals surface area contributed by atoms with Gasteiger partial charge in [-0.25, -0.2) is 14.0 Å². The highest BCUT2D eigenvalue weighted by atomic mass is 19.4. The predicted molar refractivity (Wildman–Crippen MR) is 161 cm³/mol. The Bertz CT molecular complexity index is 1520. The van der Waals surface area contributed by atoms with Crippen LogP contribution in [0.4, 0.5) is 44.3 Å². The first kappa shape index (κ1) is 36.3. The van der Waals surface area contributed by atoms with E-state index in [-0.39, 0.29) is 29.2 Å². The minimum absolute atomic E-state index is 0.00331. The monoisotopic (exact) mass is 657 g/mol. The number of amides is 2. The van der Waals surface area contributed by atoms with E-state index >= 15 is 0 Å². The molecule has 16 heteroatoms. The van der Waals surface area contributed by atoms with Gasteiger partial charge in [0, 0.05) is 37.3 Å². The molecule has 1 aliphatic heterocycles. The largest absolute Gasteiger partial charge is 0.443 e. The fraction of sp³-hybridized carbons (Fsp3) is 0.567. The molecule has 1 aromatic carbocycles. The van der Waals surface area contributed by atoms with Gasteiger partial charge < -0.3 is 19.4 Å². The van der Waals surface area contributed by atoms with Crippen molar-refractivity contribution in [3.8, 4) is 0 Å². The summed E-state index contributed by atoms with van der Waals surface area (Å²) in [6, 6.07) is 1.43. The second-order valence-corrected chi connectivity index (χ2v) is 13.2. The molecule has 46 heavy (non-hydrogen) atoms. The van der Waals surface area contributed by atoms with Gasteiger partial charge in [-0.15, -0.1) is 0 Å². The maximum atomic E-state index is 13.8. The van der Waals surface area contributed by atoms with E-state index in [2.05, 4.69) is 4.98 Å². The van der Waals surface area contributed by atoms with Gasteiger partial charge in [0.2, 0.25) is 5.82 Å². The number of alkyl halides is 3. The van der Waals surface area contributed by atoms with E-state index in [0.717, 1.165) is 18.2 Å². The van der Waals surface area contributed by atoms with Gasteiger partial charge in [0.1, 0.15) is 22.7 Å². The summed E-state index contributed by atoms with van der Waals surface area (Å²) in [5.74, 6) is -1.81. The first-order chi connectivity index (χ1) is 20.9. The summed E-state index contributed by atoms with van der Waals surface area (Å²) in [6.07, 6.45) is -7.48. The summed E-state index contributed by atoms with van der Waals surface area (Å²) in [6.45, 7) is 14.1. The van der Waals surface area contributed by atoms with Crippen molar-refractivity contribution in [2.75, 3.05) is 22.9 Å². The Morgan fingerprint density at radius 3 is 2.02 bits per heavy atom. The molecule has 0 bridgehead atoms. The van der Waals surface area contributed by atoms with Gasteiger partial charge in [-0.05, 0) is 80.0 Å². The third-order valence-corrected chi connectivity index (χ3v) is 7.15. The smallest absolute Gasteiger partial charge is 0.425 e. The molecule has 2 aromatic rings. The number of carbonyl (C=O) groups excluding carboxylic acids is 2.